The zero-order chi connectivity index (χ0) is 12.5. The minimum atomic E-state index is 0.660. The van der Waals surface area contributed by atoms with Gasteiger partial charge in [-0.15, -0.1) is 0 Å². The predicted molar refractivity (Wildman–Crippen MR) is 69.3 cm³/mol. The molecule has 5 heteroatoms. The van der Waals surface area contributed by atoms with Crippen LogP contribution >= 0.6 is 0 Å². The molecule has 2 heterocycles. The third-order valence-corrected chi connectivity index (χ3v) is 3.23. The molecule has 3 rings (SSSR count). The molecule has 1 aliphatic rings. The van der Waals surface area contributed by atoms with Crippen LogP contribution in [-0.2, 0) is 13.6 Å². The van der Waals surface area contributed by atoms with E-state index in [9.17, 15) is 0 Å². The molecular weight excluding hydrogens is 226 g/mol. The van der Waals surface area contributed by atoms with Crippen molar-refractivity contribution in [2.75, 3.05) is 5.32 Å². The van der Waals surface area contributed by atoms with Crippen molar-refractivity contribution in [3.63, 3.8) is 0 Å². The lowest BCUT2D eigenvalue weighted by atomic mass is 10.3. The van der Waals surface area contributed by atoms with Crippen LogP contribution < -0.4 is 5.32 Å². The van der Waals surface area contributed by atoms with Crippen LogP contribution in [0.5, 0.6) is 0 Å². The van der Waals surface area contributed by atoms with E-state index >= 15 is 0 Å². The summed E-state index contributed by atoms with van der Waals surface area (Å²) in [5.74, 6) is 1.55. The van der Waals surface area contributed by atoms with Gasteiger partial charge in [0, 0.05) is 24.7 Å². The molecule has 0 bridgehead atoms. The second kappa shape index (κ2) is 4.40. The van der Waals surface area contributed by atoms with E-state index in [4.69, 9.17) is 0 Å². The van der Waals surface area contributed by atoms with E-state index in [2.05, 4.69) is 32.5 Å². The zero-order valence-corrected chi connectivity index (χ0v) is 10.7. The molecule has 1 aliphatic carbocycles. The number of anilines is 1. The Morgan fingerprint density at radius 1 is 1.33 bits per heavy atom. The molecule has 5 nitrogen and oxygen atoms in total. The first-order chi connectivity index (χ1) is 8.72. The average molecular weight is 243 g/mol. The SMILES string of the molecule is Cc1cc(CNc2cc(C3CC3)ncn2)n(C)n1. The molecule has 18 heavy (non-hydrogen) atoms. The molecule has 0 spiro atoms. The first-order valence-corrected chi connectivity index (χ1v) is 6.28. The highest BCUT2D eigenvalue weighted by Crippen LogP contribution is 2.39. The molecule has 0 radical (unpaired) electrons. The highest BCUT2D eigenvalue weighted by atomic mass is 15.3. The molecular formula is C13H17N5. The van der Waals surface area contributed by atoms with Crippen molar-refractivity contribution in [3.05, 3.63) is 35.5 Å². The molecule has 94 valence electrons. The molecule has 1 saturated carbocycles. The summed E-state index contributed by atoms with van der Waals surface area (Å²) in [5.41, 5.74) is 3.35. The highest BCUT2D eigenvalue weighted by Gasteiger charge is 2.25. The van der Waals surface area contributed by atoms with E-state index in [0.717, 1.165) is 29.4 Å². The van der Waals surface area contributed by atoms with Gasteiger partial charge in [0.2, 0.25) is 0 Å². The van der Waals surface area contributed by atoms with Crippen LogP contribution in [0, 0.1) is 6.92 Å². The summed E-state index contributed by atoms with van der Waals surface area (Å²) in [6.07, 6.45) is 4.17. The fourth-order valence-corrected chi connectivity index (χ4v) is 2.08. The van der Waals surface area contributed by atoms with Gasteiger partial charge < -0.3 is 5.32 Å². The summed E-state index contributed by atoms with van der Waals surface area (Å²) in [5, 5.41) is 7.65. The molecule has 0 aliphatic heterocycles. The molecule has 1 N–H and O–H groups in total. The van der Waals surface area contributed by atoms with Gasteiger partial charge in [-0.25, -0.2) is 9.97 Å². The van der Waals surface area contributed by atoms with Crippen LogP contribution in [0.25, 0.3) is 0 Å². The maximum Gasteiger partial charge on any atom is 0.129 e. The highest BCUT2D eigenvalue weighted by molar-refractivity contribution is 5.37. The van der Waals surface area contributed by atoms with Gasteiger partial charge in [-0.2, -0.15) is 5.10 Å². The summed E-state index contributed by atoms with van der Waals surface area (Å²) in [6.45, 7) is 2.73. The summed E-state index contributed by atoms with van der Waals surface area (Å²) in [4.78, 5) is 8.56. The normalized spacial score (nSPS) is 14.8. The van der Waals surface area contributed by atoms with Gasteiger partial charge in [-0.1, -0.05) is 0 Å². The Kier molecular flexibility index (Phi) is 2.74. The Morgan fingerprint density at radius 3 is 2.83 bits per heavy atom. The van der Waals surface area contributed by atoms with Crippen molar-refractivity contribution in [3.8, 4) is 0 Å². The van der Waals surface area contributed by atoms with Gasteiger partial charge in [0.15, 0.2) is 0 Å². The fourth-order valence-electron chi connectivity index (χ4n) is 2.08. The van der Waals surface area contributed by atoms with Gasteiger partial charge in [0.05, 0.1) is 17.9 Å². The summed E-state index contributed by atoms with van der Waals surface area (Å²) < 4.78 is 1.89. The second-order valence-electron chi connectivity index (χ2n) is 4.86. The van der Waals surface area contributed by atoms with E-state index in [1.54, 1.807) is 6.33 Å². The van der Waals surface area contributed by atoms with E-state index in [1.807, 2.05) is 18.7 Å². The smallest absolute Gasteiger partial charge is 0.129 e. The third kappa shape index (κ3) is 2.34. The van der Waals surface area contributed by atoms with Gasteiger partial charge >= 0.3 is 0 Å². The number of aryl methyl sites for hydroxylation is 2. The topological polar surface area (TPSA) is 55.6 Å². The number of hydrogen-bond acceptors (Lipinski definition) is 4. The van der Waals surface area contributed by atoms with Crippen LogP contribution in [0.2, 0.25) is 0 Å². The van der Waals surface area contributed by atoms with Crippen molar-refractivity contribution < 1.29 is 0 Å². The lowest BCUT2D eigenvalue weighted by molar-refractivity contribution is 0.712. The zero-order valence-electron chi connectivity index (χ0n) is 10.7. The minimum Gasteiger partial charge on any atom is -0.364 e. The second-order valence-corrected chi connectivity index (χ2v) is 4.86. The first-order valence-electron chi connectivity index (χ1n) is 6.28. The van der Waals surface area contributed by atoms with Crippen molar-refractivity contribution in [1.82, 2.24) is 19.7 Å². The van der Waals surface area contributed by atoms with E-state index in [1.165, 1.54) is 12.8 Å². The Labute approximate surface area is 106 Å². The first kappa shape index (κ1) is 11.2. The van der Waals surface area contributed by atoms with E-state index < -0.39 is 0 Å². The number of aromatic nitrogens is 4. The van der Waals surface area contributed by atoms with Crippen molar-refractivity contribution in [2.45, 2.75) is 32.2 Å². The standard InChI is InChI=1S/C13H17N5/c1-9-5-11(18(2)17-9)7-14-13-6-12(10-3-4-10)15-8-16-13/h5-6,8,10H,3-4,7H2,1-2H3,(H,14,15,16). The van der Waals surface area contributed by atoms with Gasteiger partial charge in [-0.05, 0) is 25.8 Å². The quantitative estimate of drug-likeness (QED) is 0.892. The number of hydrogen-bond donors (Lipinski definition) is 1. The van der Waals surface area contributed by atoms with Crippen LogP contribution in [0.15, 0.2) is 18.5 Å². The lowest BCUT2D eigenvalue weighted by Crippen LogP contribution is -2.07. The van der Waals surface area contributed by atoms with Crippen LogP contribution in [-0.4, -0.2) is 19.7 Å². The Hall–Kier alpha value is -1.91. The average Bonchev–Trinajstić information content (AvgIpc) is 3.14. The van der Waals surface area contributed by atoms with Gasteiger partial charge in [0.1, 0.15) is 12.1 Å². The molecule has 2 aromatic heterocycles. The molecule has 0 aromatic carbocycles. The summed E-state index contributed by atoms with van der Waals surface area (Å²) in [7, 11) is 1.96. The van der Waals surface area contributed by atoms with E-state index in [0.29, 0.717) is 5.92 Å². The summed E-state index contributed by atoms with van der Waals surface area (Å²) >= 11 is 0. The molecule has 0 unspecified atom stereocenters. The van der Waals surface area contributed by atoms with Crippen LogP contribution in [0.1, 0.15) is 35.8 Å². The summed E-state index contributed by atoms with van der Waals surface area (Å²) in [6, 6.07) is 4.14. The van der Waals surface area contributed by atoms with Crippen molar-refractivity contribution in [1.29, 1.82) is 0 Å². The van der Waals surface area contributed by atoms with Gasteiger partial charge in [0.25, 0.3) is 0 Å². The Bertz CT molecular complexity index is 556. The minimum absolute atomic E-state index is 0.660. The van der Waals surface area contributed by atoms with Crippen molar-refractivity contribution >= 4 is 5.82 Å². The molecule has 0 amide bonds. The lowest BCUT2D eigenvalue weighted by Gasteiger charge is -2.06. The monoisotopic (exact) mass is 243 g/mol. The maximum absolute atomic E-state index is 4.32. The molecule has 0 atom stereocenters. The number of nitrogens with zero attached hydrogens (tertiary/aromatic N) is 4. The number of rotatable bonds is 4. The van der Waals surface area contributed by atoms with E-state index in [-0.39, 0.29) is 0 Å². The Balaban J connectivity index is 1.69. The molecule has 2 aromatic rings. The molecule has 0 saturated heterocycles. The predicted octanol–water partition coefficient (Wildman–Crippen LogP) is 2.01. The third-order valence-electron chi connectivity index (χ3n) is 3.23. The van der Waals surface area contributed by atoms with Crippen molar-refractivity contribution in [2.24, 2.45) is 7.05 Å². The largest absolute Gasteiger partial charge is 0.364 e. The van der Waals surface area contributed by atoms with Crippen LogP contribution in [0.4, 0.5) is 5.82 Å². The van der Waals surface area contributed by atoms with Gasteiger partial charge in [-0.3, -0.25) is 4.68 Å². The van der Waals surface area contributed by atoms with Crippen LogP contribution in [0.3, 0.4) is 0 Å². The molecule has 1 fully saturated rings. The maximum atomic E-state index is 4.32. The number of nitrogens with one attached hydrogen (secondary N) is 1. The fraction of sp³-hybridized carbons (Fsp3) is 0.462. The Morgan fingerprint density at radius 2 is 2.17 bits per heavy atom.